The molecule has 1 aromatic rings. The Morgan fingerprint density at radius 2 is 1.73 bits per heavy atom. The minimum absolute atomic E-state index is 0.416. The molecule has 3 heteroatoms. The Bertz CT molecular complexity index is 402. The van der Waals surface area contributed by atoms with E-state index in [4.69, 9.17) is 4.74 Å². The van der Waals surface area contributed by atoms with Gasteiger partial charge in [0.1, 0.15) is 0 Å². The van der Waals surface area contributed by atoms with E-state index < -0.39 is 6.10 Å². The van der Waals surface area contributed by atoms with Crippen LogP contribution < -0.4 is 0 Å². The molecular weight excluding hydrogens is 274 g/mol. The van der Waals surface area contributed by atoms with Gasteiger partial charge >= 0.3 is 0 Å². The van der Waals surface area contributed by atoms with Gasteiger partial charge in [0.2, 0.25) is 0 Å². The lowest BCUT2D eigenvalue weighted by Gasteiger charge is -2.30. The summed E-state index contributed by atoms with van der Waals surface area (Å²) in [7, 11) is 0. The zero-order valence-electron chi connectivity index (χ0n) is 14.9. The smallest absolute Gasteiger partial charge is 0.0900 e. The van der Waals surface area contributed by atoms with Crippen LogP contribution in [0, 0.1) is 12.8 Å². The first kappa shape index (κ1) is 19.1. The third kappa shape index (κ3) is 7.39. The van der Waals surface area contributed by atoms with Crippen molar-refractivity contribution in [3.63, 3.8) is 0 Å². The van der Waals surface area contributed by atoms with Gasteiger partial charge in [-0.25, -0.2) is 0 Å². The van der Waals surface area contributed by atoms with E-state index in [9.17, 15) is 5.11 Å². The van der Waals surface area contributed by atoms with Gasteiger partial charge in [0.05, 0.1) is 12.7 Å². The van der Waals surface area contributed by atoms with Crippen LogP contribution in [0.1, 0.15) is 45.2 Å². The molecular formula is C19H33NO2. The molecule has 0 saturated heterocycles. The van der Waals surface area contributed by atoms with Crippen molar-refractivity contribution in [2.75, 3.05) is 19.8 Å². The molecule has 1 rings (SSSR count). The zero-order chi connectivity index (χ0) is 16.5. The minimum Gasteiger partial charge on any atom is -0.389 e. The molecule has 0 aliphatic heterocycles. The number of hydrogen-bond donors (Lipinski definition) is 1. The Morgan fingerprint density at radius 3 is 2.27 bits per heavy atom. The zero-order valence-corrected chi connectivity index (χ0v) is 14.9. The van der Waals surface area contributed by atoms with E-state index in [2.05, 4.69) is 63.8 Å². The number of aliphatic hydroxyl groups is 1. The van der Waals surface area contributed by atoms with Crippen molar-refractivity contribution in [3.05, 3.63) is 35.4 Å². The molecule has 22 heavy (non-hydrogen) atoms. The van der Waals surface area contributed by atoms with E-state index in [1.807, 2.05) is 0 Å². The van der Waals surface area contributed by atoms with Crippen molar-refractivity contribution in [3.8, 4) is 0 Å². The highest BCUT2D eigenvalue weighted by Crippen LogP contribution is 2.12. The molecule has 0 aliphatic rings. The molecule has 1 N–H and O–H groups in total. The molecule has 126 valence electrons. The normalized spacial score (nSPS) is 14.5. The Morgan fingerprint density at radius 1 is 1.09 bits per heavy atom. The quantitative estimate of drug-likeness (QED) is 0.716. The number of rotatable bonds is 10. The lowest BCUT2D eigenvalue weighted by molar-refractivity contribution is 0.000122. The SMILES string of the molecule is CC[C@@H](C)N(Cc1ccc(C)cc1)C[C@H](O)COCC(C)C. The summed E-state index contributed by atoms with van der Waals surface area (Å²) in [6.45, 7) is 13.4. The second kappa shape index (κ2) is 9.98. The number of nitrogens with zero attached hydrogens (tertiary/aromatic N) is 1. The van der Waals surface area contributed by atoms with E-state index in [1.165, 1.54) is 11.1 Å². The number of benzene rings is 1. The van der Waals surface area contributed by atoms with Crippen LogP contribution in [-0.4, -0.2) is 41.9 Å². The molecule has 0 aromatic heterocycles. The van der Waals surface area contributed by atoms with Crippen LogP contribution in [0.3, 0.4) is 0 Å². The van der Waals surface area contributed by atoms with E-state index in [0.717, 1.165) is 13.0 Å². The third-order valence-corrected chi connectivity index (χ3v) is 3.93. The maximum absolute atomic E-state index is 10.2. The number of aryl methyl sites for hydroxylation is 1. The van der Waals surface area contributed by atoms with E-state index >= 15 is 0 Å². The Labute approximate surface area is 136 Å². The largest absolute Gasteiger partial charge is 0.389 e. The summed E-state index contributed by atoms with van der Waals surface area (Å²) >= 11 is 0. The first-order valence-electron chi connectivity index (χ1n) is 8.47. The van der Waals surface area contributed by atoms with Crippen LogP contribution in [0.25, 0.3) is 0 Å². The average molecular weight is 307 g/mol. The molecule has 0 aliphatic carbocycles. The van der Waals surface area contributed by atoms with Crippen LogP contribution >= 0.6 is 0 Å². The standard InChI is InChI=1S/C19H33NO2/c1-6-17(5)20(11-18-9-7-16(4)8-10-18)12-19(21)14-22-13-15(2)3/h7-10,15,17,19,21H,6,11-14H2,1-5H3/t17-,19+/m1/s1. The summed E-state index contributed by atoms with van der Waals surface area (Å²) in [5.41, 5.74) is 2.57. The van der Waals surface area contributed by atoms with Gasteiger partial charge in [-0.15, -0.1) is 0 Å². The van der Waals surface area contributed by atoms with Gasteiger partial charge in [-0.3, -0.25) is 4.90 Å². The molecule has 0 heterocycles. The summed E-state index contributed by atoms with van der Waals surface area (Å²) < 4.78 is 5.56. The Kier molecular flexibility index (Phi) is 8.69. The highest BCUT2D eigenvalue weighted by Gasteiger charge is 2.17. The molecule has 0 fully saturated rings. The van der Waals surface area contributed by atoms with Crippen molar-refractivity contribution in [1.82, 2.24) is 4.90 Å². The van der Waals surface area contributed by atoms with Crippen LogP contribution in [0.4, 0.5) is 0 Å². The van der Waals surface area contributed by atoms with E-state index in [-0.39, 0.29) is 0 Å². The minimum atomic E-state index is -0.432. The summed E-state index contributed by atoms with van der Waals surface area (Å²) in [5, 5.41) is 10.2. The first-order chi connectivity index (χ1) is 10.4. The number of ether oxygens (including phenoxy) is 1. The van der Waals surface area contributed by atoms with E-state index in [0.29, 0.717) is 31.7 Å². The van der Waals surface area contributed by atoms with Gasteiger partial charge in [-0.2, -0.15) is 0 Å². The van der Waals surface area contributed by atoms with E-state index in [1.54, 1.807) is 0 Å². The van der Waals surface area contributed by atoms with Crippen LogP contribution in [0.15, 0.2) is 24.3 Å². The predicted molar refractivity (Wildman–Crippen MR) is 93.0 cm³/mol. The fourth-order valence-corrected chi connectivity index (χ4v) is 2.35. The topological polar surface area (TPSA) is 32.7 Å². The van der Waals surface area contributed by atoms with Crippen LogP contribution in [0.5, 0.6) is 0 Å². The van der Waals surface area contributed by atoms with Gasteiger partial charge in [0.15, 0.2) is 0 Å². The van der Waals surface area contributed by atoms with Crippen molar-refractivity contribution in [2.24, 2.45) is 5.92 Å². The fourth-order valence-electron chi connectivity index (χ4n) is 2.35. The summed E-state index contributed by atoms with van der Waals surface area (Å²) in [5.74, 6) is 0.505. The van der Waals surface area contributed by atoms with Gasteiger partial charge < -0.3 is 9.84 Å². The molecule has 0 spiro atoms. The molecule has 3 nitrogen and oxygen atoms in total. The monoisotopic (exact) mass is 307 g/mol. The van der Waals surface area contributed by atoms with Crippen molar-refractivity contribution < 1.29 is 9.84 Å². The van der Waals surface area contributed by atoms with Gasteiger partial charge in [-0.1, -0.05) is 50.6 Å². The Hall–Kier alpha value is -0.900. The molecule has 0 bridgehead atoms. The number of aliphatic hydroxyl groups excluding tert-OH is 1. The second-order valence-corrected chi connectivity index (χ2v) is 6.76. The summed E-state index contributed by atoms with van der Waals surface area (Å²) in [6.07, 6.45) is 0.643. The summed E-state index contributed by atoms with van der Waals surface area (Å²) in [4.78, 5) is 2.34. The molecule has 0 amide bonds. The van der Waals surface area contributed by atoms with Crippen LogP contribution in [-0.2, 0) is 11.3 Å². The Balaban J connectivity index is 2.54. The third-order valence-electron chi connectivity index (χ3n) is 3.93. The van der Waals surface area contributed by atoms with Crippen molar-refractivity contribution in [1.29, 1.82) is 0 Å². The summed E-state index contributed by atoms with van der Waals surface area (Å²) in [6, 6.07) is 9.08. The fraction of sp³-hybridized carbons (Fsp3) is 0.684. The van der Waals surface area contributed by atoms with Crippen molar-refractivity contribution >= 4 is 0 Å². The molecule has 1 aromatic carbocycles. The maximum atomic E-state index is 10.2. The van der Waals surface area contributed by atoms with Crippen molar-refractivity contribution in [2.45, 2.75) is 59.7 Å². The lowest BCUT2D eigenvalue weighted by atomic mass is 10.1. The second-order valence-electron chi connectivity index (χ2n) is 6.76. The predicted octanol–water partition coefficient (Wildman–Crippen LogP) is 3.63. The van der Waals surface area contributed by atoms with Gasteiger partial charge in [0.25, 0.3) is 0 Å². The highest BCUT2D eigenvalue weighted by atomic mass is 16.5. The molecule has 0 unspecified atom stereocenters. The lowest BCUT2D eigenvalue weighted by Crippen LogP contribution is -2.40. The maximum Gasteiger partial charge on any atom is 0.0900 e. The molecule has 0 radical (unpaired) electrons. The van der Waals surface area contributed by atoms with Crippen LogP contribution in [0.2, 0.25) is 0 Å². The van der Waals surface area contributed by atoms with Gasteiger partial charge in [-0.05, 0) is 31.7 Å². The number of hydrogen-bond acceptors (Lipinski definition) is 3. The van der Waals surface area contributed by atoms with Gasteiger partial charge in [0, 0.05) is 25.7 Å². The molecule has 2 atom stereocenters. The first-order valence-corrected chi connectivity index (χ1v) is 8.47. The average Bonchev–Trinajstić information content (AvgIpc) is 2.47. The highest BCUT2D eigenvalue weighted by molar-refractivity contribution is 5.21. The molecule has 0 saturated carbocycles.